The Kier molecular flexibility index (Phi) is 7.80. The Morgan fingerprint density at radius 1 is 1.00 bits per heavy atom. The van der Waals surface area contributed by atoms with Gasteiger partial charge in [0.2, 0.25) is 0 Å². The van der Waals surface area contributed by atoms with Crippen LogP contribution in [-0.2, 0) is 24.1 Å². The van der Waals surface area contributed by atoms with Gasteiger partial charge < -0.3 is 29.7 Å². The Bertz CT molecular complexity index is 1320. The van der Waals surface area contributed by atoms with Crippen molar-refractivity contribution in [3.63, 3.8) is 0 Å². The molecule has 0 saturated carbocycles. The maximum absolute atomic E-state index is 12.2. The van der Waals surface area contributed by atoms with E-state index in [2.05, 4.69) is 6.92 Å². The Morgan fingerprint density at radius 2 is 1.69 bits per heavy atom. The lowest BCUT2D eigenvalue weighted by atomic mass is 10.0. The molecule has 1 heterocycles. The number of fused-ring (bicyclic) bond motifs is 1. The first kappa shape index (κ1) is 25.1. The van der Waals surface area contributed by atoms with E-state index >= 15 is 0 Å². The predicted octanol–water partition coefficient (Wildman–Crippen LogP) is 4.91. The van der Waals surface area contributed by atoms with Gasteiger partial charge in [-0.1, -0.05) is 31.5 Å². The van der Waals surface area contributed by atoms with Crippen molar-refractivity contribution in [3.05, 3.63) is 89.1 Å². The molecule has 36 heavy (non-hydrogen) atoms. The summed E-state index contributed by atoms with van der Waals surface area (Å²) in [4.78, 5) is 12.2. The van der Waals surface area contributed by atoms with E-state index in [1.807, 2.05) is 35.0 Å². The topological polar surface area (TPSA) is 112 Å². The number of para-hydroxylation sites is 1. The maximum atomic E-state index is 12.2. The van der Waals surface area contributed by atoms with E-state index in [4.69, 9.17) is 4.74 Å². The Labute approximate surface area is 209 Å². The maximum Gasteiger partial charge on any atom is 0.338 e. The van der Waals surface area contributed by atoms with Crippen LogP contribution in [0.15, 0.2) is 66.9 Å². The number of esters is 1. The lowest BCUT2D eigenvalue weighted by Crippen LogP contribution is -2.21. The molecule has 1 atom stereocenters. The molecule has 7 nitrogen and oxygen atoms in total. The summed E-state index contributed by atoms with van der Waals surface area (Å²) in [5.41, 5.74) is 3.38. The van der Waals surface area contributed by atoms with Crippen LogP contribution in [0.3, 0.4) is 0 Å². The zero-order valence-corrected chi connectivity index (χ0v) is 20.2. The van der Waals surface area contributed by atoms with E-state index in [1.54, 1.807) is 12.1 Å². The third kappa shape index (κ3) is 5.80. The summed E-state index contributed by atoms with van der Waals surface area (Å²) >= 11 is 0. The minimum atomic E-state index is -0.926. The van der Waals surface area contributed by atoms with Gasteiger partial charge in [-0.15, -0.1) is 0 Å². The van der Waals surface area contributed by atoms with Crippen molar-refractivity contribution in [1.29, 1.82) is 0 Å². The minimum absolute atomic E-state index is 0.0528. The van der Waals surface area contributed by atoms with Gasteiger partial charge in [0.25, 0.3) is 0 Å². The molecule has 4 aromatic rings. The van der Waals surface area contributed by atoms with E-state index in [0.29, 0.717) is 5.56 Å². The highest BCUT2D eigenvalue weighted by Gasteiger charge is 2.17. The van der Waals surface area contributed by atoms with E-state index < -0.39 is 12.1 Å². The number of carbonyl (C=O) groups excluding carboxylic acids is 1. The van der Waals surface area contributed by atoms with Crippen LogP contribution in [0.25, 0.3) is 10.9 Å². The van der Waals surface area contributed by atoms with Crippen LogP contribution < -0.4 is 0 Å². The summed E-state index contributed by atoms with van der Waals surface area (Å²) < 4.78 is 7.17. The van der Waals surface area contributed by atoms with Crippen molar-refractivity contribution in [2.45, 2.75) is 45.3 Å². The van der Waals surface area contributed by atoms with E-state index in [1.165, 1.54) is 24.3 Å². The van der Waals surface area contributed by atoms with Gasteiger partial charge in [0.1, 0.15) is 23.9 Å². The molecule has 3 aromatic carbocycles. The van der Waals surface area contributed by atoms with Gasteiger partial charge in [-0.2, -0.15) is 0 Å². The number of benzene rings is 3. The van der Waals surface area contributed by atoms with Crippen LogP contribution >= 0.6 is 0 Å². The molecule has 4 N–H and O–H groups in total. The molecular weight excluding hydrogens is 458 g/mol. The number of unbranched alkanes of at least 4 members (excludes halogenated alkanes) is 1. The van der Waals surface area contributed by atoms with Crippen molar-refractivity contribution in [3.8, 4) is 17.2 Å². The first-order chi connectivity index (χ1) is 17.4. The molecule has 7 heteroatoms. The molecule has 4 rings (SSSR count). The predicted molar refractivity (Wildman–Crippen MR) is 138 cm³/mol. The molecular formula is C29H31NO6. The molecule has 0 aliphatic rings. The molecule has 1 aromatic heterocycles. The Morgan fingerprint density at radius 3 is 2.39 bits per heavy atom. The lowest BCUT2D eigenvalue weighted by molar-refractivity contribution is 0.0259. The average molecular weight is 490 g/mol. The molecule has 0 amide bonds. The Balaban J connectivity index is 1.49. The summed E-state index contributed by atoms with van der Waals surface area (Å²) in [7, 11) is 0. The highest BCUT2D eigenvalue weighted by atomic mass is 16.5. The number of aromatic hydroxyl groups is 3. The van der Waals surface area contributed by atoms with Gasteiger partial charge in [0, 0.05) is 23.5 Å². The number of carbonyl (C=O) groups is 1. The first-order valence-electron chi connectivity index (χ1n) is 12.1. The minimum Gasteiger partial charge on any atom is -0.508 e. The van der Waals surface area contributed by atoms with Crippen LogP contribution in [0.4, 0.5) is 0 Å². The van der Waals surface area contributed by atoms with Crippen molar-refractivity contribution in [1.82, 2.24) is 4.57 Å². The molecule has 0 aliphatic carbocycles. The zero-order chi connectivity index (χ0) is 25.7. The number of aryl methyl sites for hydroxylation is 1. The summed E-state index contributed by atoms with van der Waals surface area (Å²) in [6.07, 6.45) is 4.03. The molecule has 0 fully saturated rings. The molecule has 0 spiro atoms. The second kappa shape index (κ2) is 11.2. The number of phenolic OH excluding ortho intramolecular Hbond substituents is 3. The fourth-order valence-corrected chi connectivity index (χ4v) is 4.34. The molecule has 0 unspecified atom stereocenters. The third-order valence-corrected chi connectivity index (χ3v) is 6.25. The van der Waals surface area contributed by atoms with Crippen LogP contribution in [0, 0.1) is 0 Å². The highest BCUT2D eigenvalue weighted by Crippen LogP contribution is 2.32. The van der Waals surface area contributed by atoms with Gasteiger partial charge in [0.05, 0.1) is 23.8 Å². The number of rotatable bonds is 10. The first-order valence-corrected chi connectivity index (χ1v) is 12.1. The number of hydrogen-bond donors (Lipinski definition) is 4. The number of aromatic nitrogens is 1. The van der Waals surface area contributed by atoms with Gasteiger partial charge in [-0.3, -0.25) is 0 Å². The summed E-state index contributed by atoms with van der Waals surface area (Å²) in [6.45, 7) is 2.18. The molecule has 0 aliphatic heterocycles. The quantitative estimate of drug-likeness (QED) is 0.236. The second-order valence-corrected chi connectivity index (χ2v) is 9.02. The Hall–Kier alpha value is -3.97. The molecule has 0 radical (unpaired) electrons. The van der Waals surface area contributed by atoms with Crippen molar-refractivity contribution in [2.24, 2.45) is 0 Å². The van der Waals surface area contributed by atoms with Gasteiger partial charge in [-0.25, -0.2) is 4.79 Å². The highest BCUT2D eigenvalue weighted by molar-refractivity contribution is 5.89. The second-order valence-electron chi connectivity index (χ2n) is 9.02. The summed E-state index contributed by atoms with van der Waals surface area (Å²) in [5.74, 6) is -0.412. The van der Waals surface area contributed by atoms with E-state index in [-0.39, 0.29) is 42.4 Å². The monoisotopic (exact) mass is 489 g/mol. The SMILES string of the molecule is CCCCc1cc(O)c(Cn2cc(C[C@H](O)COC(=O)c3ccc(O)cc3)c3ccccc32)c(O)c1. The lowest BCUT2D eigenvalue weighted by Gasteiger charge is -2.12. The van der Waals surface area contributed by atoms with Crippen LogP contribution in [0.5, 0.6) is 17.2 Å². The smallest absolute Gasteiger partial charge is 0.338 e. The number of hydrogen-bond acceptors (Lipinski definition) is 6. The van der Waals surface area contributed by atoms with Crippen LogP contribution in [0.1, 0.15) is 46.8 Å². The standard InChI is InChI=1S/C29H31NO6/c1-2-3-6-19-13-27(33)25(28(34)14-19)17-30-16-21(24-7-4-5-8-26(24)30)15-23(32)18-36-29(35)20-9-11-22(31)12-10-20/h4-5,7-14,16,23,31-34H,2-3,6,15,17-18H2,1H3/t23-/m0/s1. The largest absolute Gasteiger partial charge is 0.508 e. The fraction of sp³-hybridized carbons (Fsp3) is 0.276. The molecule has 0 saturated heterocycles. The molecule has 188 valence electrons. The fourth-order valence-electron chi connectivity index (χ4n) is 4.34. The normalized spacial score (nSPS) is 12.1. The van der Waals surface area contributed by atoms with Crippen molar-refractivity contribution in [2.75, 3.05) is 6.61 Å². The number of phenols is 3. The average Bonchev–Trinajstić information content (AvgIpc) is 3.21. The summed E-state index contributed by atoms with van der Waals surface area (Å²) in [6, 6.07) is 16.8. The van der Waals surface area contributed by atoms with E-state index in [0.717, 1.165) is 41.3 Å². The third-order valence-electron chi connectivity index (χ3n) is 6.25. The van der Waals surface area contributed by atoms with Crippen LogP contribution in [0.2, 0.25) is 0 Å². The van der Waals surface area contributed by atoms with Crippen molar-refractivity contribution >= 4 is 16.9 Å². The van der Waals surface area contributed by atoms with Crippen LogP contribution in [-0.4, -0.2) is 43.7 Å². The molecule has 0 bridgehead atoms. The number of ether oxygens (including phenoxy) is 1. The number of aliphatic hydroxyl groups is 1. The van der Waals surface area contributed by atoms with Gasteiger partial charge in [-0.05, 0) is 66.4 Å². The number of nitrogens with zero attached hydrogens (tertiary/aromatic N) is 1. The van der Waals surface area contributed by atoms with Gasteiger partial charge in [0.15, 0.2) is 0 Å². The van der Waals surface area contributed by atoms with Gasteiger partial charge >= 0.3 is 5.97 Å². The number of aliphatic hydroxyl groups excluding tert-OH is 1. The van der Waals surface area contributed by atoms with Crippen molar-refractivity contribution < 1.29 is 30.0 Å². The summed E-state index contributed by atoms with van der Waals surface area (Å²) in [5, 5.41) is 42.1. The zero-order valence-electron chi connectivity index (χ0n) is 20.2. The van der Waals surface area contributed by atoms with E-state index in [9.17, 15) is 25.2 Å².